The molecule has 0 unspecified atom stereocenters. The van der Waals surface area contributed by atoms with Crippen LogP contribution in [0.5, 0.6) is 0 Å². The summed E-state index contributed by atoms with van der Waals surface area (Å²) < 4.78 is 27.1. The Hall–Kier alpha value is -2.18. The van der Waals surface area contributed by atoms with Crippen molar-refractivity contribution in [2.45, 2.75) is 13.8 Å². The van der Waals surface area contributed by atoms with Crippen molar-refractivity contribution in [3.8, 4) is 0 Å². The zero-order valence-electron chi connectivity index (χ0n) is 11.7. The van der Waals surface area contributed by atoms with Gasteiger partial charge in [-0.15, -0.1) is 0 Å². The molecule has 0 radical (unpaired) electrons. The number of carboxylic acids is 1. The van der Waals surface area contributed by atoms with Crippen molar-refractivity contribution in [3.63, 3.8) is 0 Å². The van der Waals surface area contributed by atoms with Crippen LogP contribution in [0.2, 0.25) is 0 Å². The average Bonchev–Trinajstić information content (AvgIpc) is 2.78. The molecular formula is C14H16F2N2O3. The number of hydrogen-bond acceptors (Lipinski definition) is 2. The van der Waals surface area contributed by atoms with Crippen LogP contribution in [0, 0.1) is 30.4 Å². The largest absolute Gasteiger partial charge is 0.481 e. The van der Waals surface area contributed by atoms with E-state index in [1.165, 1.54) is 11.8 Å². The number of aryl methyl sites for hydroxylation is 1. The lowest BCUT2D eigenvalue weighted by molar-refractivity contribution is -0.142. The number of nitrogens with zero attached hydrogens (tertiary/aromatic N) is 1. The molecule has 1 aliphatic heterocycles. The topological polar surface area (TPSA) is 69.6 Å². The lowest BCUT2D eigenvalue weighted by Gasteiger charge is -2.17. The third-order valence-electron chi connectivity index (χ3n) is 3.71. The number of rotatable bonds is 2. The number of urea groups is 1. The van der Waals surface area contributed by atoms with Crippen molar-refractivity contribution in [1.29, 1.82) is 0 Å². The number of nitrogens with one attached hydrogen (secondary N) is 1. The van der Waals surface area contributed by atoms with Crippen LogP contribution in [-0.2, 0) is 4.79 Å². The molecule has 0 aromatic heterocycles. The summed E-state index contributed by atoms with van der Waals surface area (Å²) >= 11 is 0. The molecule has 2 rings (SSSR count). The first-order valence-corrected chi connectivity index (χ1v) is 6.54. The summed E-state index contributed by atoms with van der Waals surface area (Å²) in [5.41, 5.74) is -0.110. The number of amides is 2. The second-order valence-corrected chi connectivity index (χ2v) is 5.34. The maximum Gasteiger partial charge on any atom is 0.321 e. The van der Waals surface area contributed by atoms with E-state index in [1.807, 2.05) is 0 Å². The van der Waals surface area contributed by atoms with Crippen LogP contribution in [0.3, 0.4) is 0 Å². The van der Waals surface area contributed by atoms with Gasteiger partial charge in [0, 0.05) is 19.2 Å². The second-order valence-electron chi connectivity index (χ2n) is 5.34. The Morgan fingerprint density at radius 3 is 2.52 bits per heavy atom. The first-order chi connectivity index (χ1) is 9.79. The minimum absolute atomic E-state index is 0.0539. The molecule has 1 aromatic rings. The van der Waals surface area contributed by atoms with Gasteiger partial charge in [-0.1, -0.05) is 6.92 Å². The first kappa shape index (κ1) is 15.2. The number of carbonyl (C=O) groups is 2. The molecule has 0 saturated carbocycles. The molecule has 0 spiro atoms. The zero-order chi connectivity index (χ0) is 15.7. The first-order valence-electron chi connectivity index (χ1n) is 6.54. The molecule has 1 fully saturated rings. The predicted octanol–water partition coefficient (Wildman–Crippen LogP) is 2.46. The molecule has 1 heterocycles. The highest BCUT2D eigenvalue weighted by Crippen LogP contribution is 2.25. The van der Waals surface area contributed by atoms with E-state index in [9.17, 15) is 18.4 Å². The Balaban J connectivity index is 2.09. The second kappa shape index (κ2) is 5.67. The van der Waals surface area contributed by atoms with Crippen molar-refractivity contribution in [3.05, 3.63) is 29.3 Å². The van der Waals surface area contributed by atoms with Gasteiger partial charge in [-0.2, -0.15) is 0 Å². The van der Waals surface area contributed by atoms with E-state index in [0.29, 0.717) is 0 Å². The Morgan fingerprint density at radius 2 is 1.95 bits per heavy atom. The third-order valence-corrected chi connectivity index (χ3v) is 3.71. The maximum absolute atomic E-state index is 13.7. The highest BCUT2D eigenvalue weighted by molar-refractivity contribution is 5.90. The molecule has 21 heavy (non-hydrogen) atoms. The van der Waals surface area contributed by atoms with Crippen LogP contribution in [0.25, 0.3) is 0 Å². The van der Waals surface area contributed by atoms with Gasteiger partial charge in [0.15, 0.2) is 0 Å². The zero-order valence-corrected chi connectivity index (χ0v) is 11.7. The molecule has 114 valence electrons. The van der Waals surface area contributed by atoms with Gasteiger partial charge in [-0.05, 0) is 24.5 Å². The Kier molecular flexibility index (Phi) is 4.11. The van der Waals surface area contributed by atoms with Gasteiger partial charge in [0.05, 0.1) is 11.6 Å². The molecule has 5 nitrogen and oxygen atoms in total. The molecule has 0 aliphatic carbocycles. The van der Waals surface area contributed by atoms with E-state index in [1.54, 1.807) is 6.92 Å². The normalized spacial score (nSPS) is 21.4. The molecule has 1 aliphatic rings. The molecule has 1 aromatic carbocycles. The molecule has 2 amide bonds. The number of benzene rings is 1. The minimum atomic E-state index is -0.967. The van der Waals surface area contributed by atoms with Crippen LogP contribution in [0.15, 0.2) is 12.1 Å². The summed E-state index contributed by atoms with van der Waals surface area (Å²) in [5, 5.41) is 11.3. The minimum Gasteiger partial charge on any atom is -0.481 e. The number of likely N-dealkylation sites (tertiary alicyclic amines) is 1. The van der Waals surface area contributed by atoms with E-state index in [-0.39, 0.29) is 30.3 Å². The van der Waals surface area contributed by atoms with Crippen molar-refractivity contribution in [2.24, 2.45) is 11.8 Å². The fourth-order valence-corrected chi connectivity index (χ4v) is 2.39. The fourth-order valence-electron chi connectivity index (χ4n) is 2.39. The van der Waals surface area contributed by atoms with Gasteiger partial charge in [-0.25, -0.2) is 13.6 Å². The molecule has 1 saturated heterocycles. The van der Waals surface area contributed by atoms with Gasteiger partial charge in [0.2, 0.25) is 0 Å². The number of hydrogen-bond donors (Lipinski definition) is 2. The monoisotopic (exact) mass is 298 g/mol. The van der Waals surface area contributed by atoms with Crippen molar-refractivity contribution < 1.29 is 23.5 Å². The predicted molar refractivity (Wildman–Crippen MR) is 72.0 cm³/mol. The number of anilines is 1. The number of halogens is 2. The Labute approximate surface area is 120 Å². The van der Waals surface area contributed by atoms with Crippen LogP contribution in [-0.4, -0.2) is 35.1 Å². The number of carbonyl (C=O) groups excluding carboxylic acids is 1. The van der Waals surface area contributed by atoms with E-state index in [4.69, 9.17) is 5.11 Å². The average molecular weight is 298 g/mol. The van der Waals surface area contributed by atoms with Crippen molar-refractivity contribution >= 4 is 17.7 Å². The summed E-state index contributed by atoms with van der Waals surface area (Å²) in [5.74, 6) is -3.15. The van der Waals surface area contributed by atoms with Gasteiger partial charge >= 0.3 is 12.0 Å². The van der Waals surface area contributed by atoms with Crippen LogP contribution < -0.4 is 5.32 Å². The Morgan fingerprint density at radius 1 is 1.29 bits per heavy atom. The lowest BCUT2D eigenvalue weighted by Crippen LogP contribution is -2.34. The Bertz CT molecular complexity index is 592. The smallest absolute Gasteiger partial charge is 0.321 e. The fraction of sp³-hybridized carbons (Fsp3) is 0.429. The summed E-state index contributed by atoms with van der Waals surface area (Å²) in [6.07, 6.45) is 0. The van der Waals surface area contributed by atoms with E-state index in [2.05, 4.69) is 5.32 Å². The van der Waals surface area contributed by atoms with Crippen molar-refractivity contribution in [2.75, 3.05) is 18.4 Å². The van der Waals surface area contributed by atoms with Gasteiger partial charge < -0.3 is 15.3 Å². The van der Waals surface area contributed by atoms with Crippen LogP contribution >= 0.6 is 0 Å². The van der Waals surface area contributed by atoms with Crippen LogP contribution in [0.1, 0.15) is 12.5 Å². The summed E-state index contributed by atoms with van der Waals surface area (Å²) in [4.78, 5) is 24.3. The van der Waals surface area contributed by atoms with Crippen molar-refractivity contribution in [1.82, 2.24) is 4.90 Å². The maximum atomic E-state index is 13.7. The molecule has 2 N–H and O–H groups in total. The SMILES string of the molecule is Cc1cc(F)c(NC(=O)N2C[C@@H](C)[C@H](C(=O)O)C2)cc1F. The number of aliphatic carboxylic acids is 1. The molecule has 0 bridgehead atoms. The standard InChI is InChI=1S/C14H16F2N2O3/c1-7-3-11(16)12(4-10(7)15)17-14(21)18-5-8(2)9(6-18)13(19)20/h3-4,8-9H,5-6H2,1-2H3,(H,17,21)(H,19,20)/t8-,9-/m1/s1. The highest BCUT2D eigenvalue weighted by atomic mass is 19.1. The van der Waals surface area contributed by atoms with E-state index in [0.717, 1.165) is 12.1 Å². The summed E-state index contributed by atoms with van der Waals surface area (Å²) in [7, 11) is 0. The third kappa shape index (κ3) is 3.12. The molecular weight excluding hydrogens is 282 g/mol. The summed E-state index contributed by atoms with van der Waals surface area (Å²) in [6.45, 7) is 3.47. The van der Waals surface area contributed by atoms with Gasteiger partial charge in [0.1, 0.15) is 11.6 Å². The van der Waals surface area contributed by atoms with Gasteiger partial charge in [0.25, 0.3) is 0 Å². The summed E-state index contributed by atoms with van der Waals surface area (Å²) in [6, 6.07) is 1.28. The van der Waals surface area contributed by atoms with Gasteiger partial charge in [-0.3, -0.25) is 4.79 Å². The lowest BCUT2D eigenvalue weighted by atomic mass is 9.99. The number of carboxylic acid groups (broad SMARTS) is 1. The van der Waals surface area contributed by atoms with Crippen LogP contribution in [0.4, 0.5) is 19.3 Å². The van der Waals surface area contributed by atoms with E-state index < -0.39 is 29.6 Å². The molecule has 7 heteroatoms. The van der Waals surface area contributed by atoms with E-state index >= 15 is 0 Å². The molecule has 2 atom stereocenters. The quantitative estimate of drug-likeness (QED) is 0.881. The highest BCUT2D eigenvalue weighted by Gasteiger charge is 2.37.